The molecule has 0 aliphatic heterocycles. The molecule has 0 spiro atoms. The molecule has 0 saturated heterocycles. The highest BCUT2D eigenvalue weighted by molar-refractivity contribution is 7.17. The van der Waals surface area contributed by atoms with E-state index in [1.165, 1.54) is 75.1 Å². The highest BCUT2D eigenvalue weighted by Crippen LogP contribution is 2.40. The average Bonchev–Trinajstić information content (AvgIpc) is 3.73. The zero-order valence-electron chi connectivity index (χ0n) is 22.4. The number of hydrogen-bond donors (Lipinski definition) is 0. The number of thiazole rings is 2. The summed E-state index contributed by atoms with van der Waals surface area (Å²) >= 11 is 3.37. The van der Waals surface area contributed by atoms with Crippen molar-refractivity contribution in [2.75, 3.05) is 0 Å². The van der Waals surface area contributed by atoms with Crippen LogP contribution in [0.4, 0.5) is 0 Å². The number of nitrogens with zero attached hydrogens (tertiary/aromatic N) is 2. The van der Waals surface area contributed by atoms with Crippen LogP contribution in [0.15, 0.2) is 132 Å². The fraction of sp³-hybridized carbons (Fsp3) is 0. The van der Waals surface area contributed by atoms with E-state index in [-0.39, 0.29) is 0 Å². The molecule has 0 N–H and O–H groups in total. The monoisotopic (exact) mass is 570 g/mol. The van der Waals surface area contributed by atoms with E-state index in [1.54, 1.807) is 22.7 Å². The van der Waals surface area contributed by atoms with Gasteiger partial charge in [0.25, 0.3) is 0 Å². The largest absolute Gasteiger partial charge is 0.245 e. The highest BCUT2D eigenvalue weighted by atomic mass is 32.1. The van der Waals surface area contributed by atoms with E-state index in [0.717, 1.165) is 11.0 Å². The molecule has 4 heteroatoms. The van der Waals surface area contributed by atoms with E-state index in [1.807, 2.05) is 11.0 Å². The Kier molecular flexibility index (Phi) is 5.27. The van der Waals surface area contributed by atoms with Crippen molar-refractivity contribution in [1.82, 2.24) is 9.97 Å². The number of hydrogen-bond acceptors (Lipinski definition) is 4. The van der Waals surface area contributed by atoms with Crippen LogP contribution < -0.4 is 0 Å². The number of fused-ring (bicyclic) bond motifs is 8. The summed E-state index contributed by atoms with van der Waals surface area (Å²) in [6.07, 6.45) is 0. The van der Waals surface area contributed by atoms with Gasteiger partial charge in [0.05, 0.1) is 31.5 Å². The van der Waals surface area contributed by atoms with Gasteiger partial charge in [0, 0.05) is 0 Å². The Hall–Kier alpha value is -4.90. The molecule has 0 saturated carbocycles. The van der Waals surface area contributed by atoms with Gasteiger partial charge in [-0.05, 0) is 114 Å². The Bertz CT molecular complexity index is 2360. The minimum Gasteiger partial charge on any atom is -0.245 e. The molecule has 0 aliphatic carbocycles. The SMILES string of the molecule is c1ccc2c(c1)c1ccccc1c1cc(-c3cc(-c4ccc5ncsc5c4)cc(-c4ccc5ncsc5c4)c3)ccc21. The van der Waals surface area contributed by atoms with Crippen molar-refractivity contribution in [3.8, 4) is 33.4 Å². The van der Waals surface area contributed by atoms with Crippen LogP contribution in [0.25, 0.3) is 86.1 Å². The third-order valence-corrected chi connectivity index (χ3v) is 9.92. The summed E-state index contributed by atoms with van der Waals surface area (Å²) in [7, 11) is 0. The summed E-state index contributed by atoms with van der Waals surface area (Å²) in [4.78, 5) is 8.99. The smallest absolute Gasteiger partial charge is 0.0812 e. The molecule has 2 nitrogen and oxygen atoms in total. The molecular formula is C38H22N2S2. The van der Waals surface area contributed by atoms with Crippen LogP contribution in [0.5, 0.6) is 0 Å². The molecular weight excluding hydrogens is 549 g/mol. The van der Waals surface area contributed by atoms with Crippen molar-refractivity contribution in [2.24, 2.45) is 0 Å². The van der Waals surface area contributed by atoms with Gasteiger partial charge in [0.2, 0.25) is 0 Å². The van der Waals surface area contributed by atoms with Gasteiger partial charge < -0.3 is 0 Å². The van der Waals surface area contributed by atoms with Gasteiger partial charge in [-0.2, -0.15) is 0 Å². The summed E-state index contributed by atoms with van der Waals surface area (Å²) in [6.45, 7) is 0. The van der Waals surface area contributed by atoms with Gasteiger partial charge in [0.1, 0.15) is 0 Å². The van der Waals surface area contributed by atoms with Crippen LogP contribution in [-0.4, -0.2) is 9.97 Å². The Balaban J connectivity index is 1.30. The van der Waals surface area contributed by atoms with Crippen LogP contribution in [0.1, 0.15) is 0 Å². The Morgan fingerprint density at radius 3 is 1.24 bits per heavy atom. The number of aromatic nitrogens is 2. The van der Waals surface area contributed by atoms with Gasteiger partial charge in [-0.15, -0.1) is 22.7 Å². The lowest BCUT2D eigenvalue weighted by Crippen LogP contribution is -1.88. The van der Waals surface area contributed by atoms with Crippen molar-refractivity contribution < 1.29 is 0 Å². The van der Waals surface area contributed by atoms with Crippen molar-refractivity contribution >= 4 is 75.4 Å². The molecule has 196 valence electrons. The van der Waals surface area contributed by atoms with E-state index in [2.05, 4.69) is 131 Å². The standard InChI is InChI=1S/C38H22N2S2/c1-2-7-31-29(5-1)30-6-3-4-8-32(30)34-18-23(9-12-33(31)34)26-15-27(24-10-13-35-37(19-24)41-21-39-35)17-28(16-26)25-11-14-36-38(20-25)42-22-40-36/h1-22H. The zero-order valence-corrected chi connectivity index (χ0v) is 24.0. The normalized spacial score (nSPS) is 11.8. The Morgan fingerprint density at radius 2 is 0.738 bits per heavy atom. The molecule has 2 aromatic heterocycles. The molecule has 9 aromatic rings. The van der Waals surface area contributed by atoms with Crippen LogP contribution in [0.3, 0.4) is 0 Å². The highest BCUT2D eigenvalue weighted by Gasteiger charge is 2.13. The quantitative estimate of drug-likeness (QED) is 0.197. The first-order valence-corrected chi connectivity index (χ1v) is 15.7. The summed E-state index contributed by atoms with van der Waals surface area (Å²) in [5, 5.41) is 7.75. The lowest BCUT2D eigenvalue weighted by Gasteiger charge is -2.14. The minimum atomic E-state index is 1.05. The van der Waals surface area contributed by atoms with E-state index < -0.39 is 0 Å². The first kappa shape index (κ1) is 23.8. The molecule has 0 fully saturated rings. The van der Waals surface area contributed by atoms with Crippen LogP contribution >= 0.6 is 22.7 Å². The molecule has 0 radical (unpaired) electrons. The first-order chi connectivity index (χ1) is 20.8. The molecule has 0 bridgehead atoms. The molecule has 0 atom stereocenters. The van der Waals surface area contributed by atoms with Crippen LogP contribution in [-0.2, 0) is 0 Å². The van der Waals surface area contributed by atoms with E-state index in [0.29, 0.717) is 0 Å². The van der Waals surface area contributed by atoms with Crippen molar-refractivity contribution in [3.05, 3.63) is 132 Å². The topological polar surface area (TPSA) is 25.8 Å². The molecule has 0 aliphatic rings. The summed E-state index contributed by atoms with van der Waals surface area (Å²) in [5.41, 5.74) is 13.1. The Labute approximate surface area is 250 Å². The number of rotatable bonds is 3. The number of benzene rings is 7. The third-order valence-electron chi connectivity index (χ3n) is 8.34. The molecule has 0 unspecified atom stereocenters. The second kappa shape index (κ2) is 9.31. The first-order valence-electron chi connectivity index (χ1n) is 13.9. The average molecular weight is 571 g/mol. The zero-order chi connectivity index (χ0) is 27.6. The van der Waals surface area contributed by atoms with Crippen molar-refractivity contribution in [3.63, 3.8) is 0 Å². The van der Waals surface area contributed by atoms with Crippen LogP contribution in [0, 0.1) is 0 Å². The molecule has 0 amide bonds. The maximum Gasteiger partial charge on any atom is 0.0812 e. The molecule has 7 aromatic carbocycles. The van der Waals surface area contributed by atoms with Gasteiger partial charge in [-0.3, -0.25) is 0 Å². The fourth-order valence-electron chi connectivity index (χ4n) is 6.28. The molecule has 2 heterocycles. The predicted octanol–water partition coefficient (Wildman–Crippen LogP) is 11.4. The fourth-order valence-corrected chi connectivity index (χ4v) is 7.72. The van der Waals surface area contributed by atoms with Gasteiger partial charge in [-0.25, -0.2) is 9.97 Å². The van der Waals surface area contributed by atoms with Gasteiger partial charge >= 0.3 is 0 Å². The lowest BCUT2D eigenvalue weighted by molar-refractivity contribution is 1.50. The van der Waals surface area contributed by atoms with Crippen LogP contribution in [0.2, 0.25) is 0 Å². The molecule has 42 heavy (non-hydrogen) atoms. The second-order valence-corrected chi connectivity index (χ2v) is 12.5. The van der Waals surface area contributed by atoms with Crippen molar-refractivity contribution in [1.29, 1.82) is 0 Å². The summed E-state index contributed by atoms with van der Waals surface area (Å²) in [6, 6.07) is 44.7. The van der Waals surface area contributed by atoms with Gasteiger partial charge in [-0.1, -0.05) is 72.8 Å². The lowest BCUT2D eigenvalue weighted by atomic mass is 9.90. The van der Waals surface area contributed by atoms with E-state index in [4.69, 9.17) is 0 Å². The summed E-state index contributed by atoms with van der Waals surface area (Å²) in [5.74, 6) is 0. The van der Waals surface area contributed by atoms with E-state index >= 15 is 0 Å². The Morgan fingerprint density at radius 1 is 0.333 bits per heavy atom. The summed E-state index contributed by atoms with van der Waals surface area (Å²) < 4.78 is 2.41. The third kappa shape index (κ3) is 3.77. The maximum atomic E-state index is 4.50. The second-order valence-electron chi connectivity index (χ2n) is 10.7. The predicted molar refractivity (Wildman–Crippen MR) is 182 cm³/mol. The maximum absolute atomic E-state index is 4.50. The minimum absolute atomic E-state index is 1.05. The van der Waals surface area contributed by atoms with E-state index in [9.17, 15) is 0 Å². The molecule has 9 rings (SSSR count). The van der Waals surface area contributed by atoms with Crippen molar-refractivity contribution in [2.45, 2.75) is 0 Å². The van der Waals surface area contributed by atoms with Gasteiger partial charge in [0.15, 0.2) is 0 Å².